The number of carbonyl (C=O) groups excluding carboxylic acids is 1. The van der Waals surface area contributed by atoms with Gasteiger partial charge in [-0.3, -0.25) is 4.79 Å². The number of ether oxygens (including phenoxy) is 3. The van der Waals surface area contributed by atoms with E-state index in [9.17, 15) is 9.90 Å². The van der Waals surface area contributed by atoms with Crippen LogP contribution in [0.15, 0.2) is 23.0 Å². The largest absolute Gasteiger partial charge is 0.426 e. The molecule has 5 heteroatoms. The highest BCUT2D eigenvalue weighted by Crippen LogP contribution is 2.33. The summed E-state index contributed by atoms with van der Waals surface area (Å²) < 4.78 is 15.8. The average molecular weight is 296 g/mol. The van der Waals surface area contributed by atoms with Crippen LogP contribution >= 0.6 is 0 Å². The summed E-state index contributed by atoms with van der Waals surface area (Å²) in [7, 11) is 1.64. The van der Waals surface area contributed by atoms with Gasteiger partial charge in [0.05, 0.1) is 32.3 Å². The maximum atomic E-state index is 11.6. The molecule has 0 amide bonds. The standard InChI is InChI=1S/C16H24O5/c1-19-9-10-20-8-7-12-5-3-2-4-6-13-14(17)11-15(18)21-16(12)13/h5,14,17H,2-4,6-11H2,1H3/b12-5-. The first-order chi connectivity index (χ1) is 10.2. The van der Waals surface area contributed by atoms with Gasteiger partial charge < -0.3 is 19.3 Å². The van der Waals surface area contributed by atoms with Crippen molar-refractivity contribution < 1.29 is 24.1 Å². The molecule has 1 aliphatic carbocycles. The number of aliphatic hydroxyl groups is 1. The lowest BCUT2D eigenvalue weighted by Crippen LogP contribution is -2.27. The fraction of sp³-hybridized carbons (Fsp3) is 0.688. The molecule has 2 rings (SSSR count). The molecular weight excluding hydrogens is 272 g/mol. The minimum absolute atomic E-state index is 0.0659. The van der Waals surface area contributed by atoms with Crippen LogP contribution in [0.2, 0.25) is 0 Å². The van der Waals surface area contributed by atoms with E-state index in [-0.39, 0.29) is 12.4 Å². The number of rotatable bonds is 6. The van der Waals surface area contributed by atoms with Crippen molar-refractivity contribution in [2.24, 2.45) is 0 Å². The van der Waals surface area contributed by atoms with E-state index in [4.69, 9.17) is 14.2 Å². The minimum Gasteiger partial charge on any atom is -0.426 e. The van der Waals surface area contributed by atoms with Crippen LogP contribution in [0.25, 0.3) is 0 Å². The number of methoxy groups -OCH3 is 1. The van der Waals surface area contributed by atoms with E-state index in [0.29, 0.717) is 32.0 Å². The Hall–Kier alpha value is -1.17. The summed E-state index contributed by atoms with van der Waals surface area (Å²) in [6.07, 6.45) is 6.03. The van der Waals surface area contributed by atoms with E-state index in [2.05, 4.69) is 6.08 Å². The fourth-order valence-electron chi connectivity index (χ4n) is 2.68. The molecule has 1 unspecified atom stereocenters. The van der Waals surface area contributed by atoms with Crippen LogP contribution in [0.4, 0.5) is 0 Å². The molecule has 5 nitrogen and oxygen atoms in total. The van der Waals surface area contributed by atoms with Gasteiger partial charge in [-0.25, -0.2) is 0 Å². The quantitative estimate of drug-likeness (QED) is 0.600. The van der Waals surface area contributed by atoms with Crippen LogP contribution in [0.3, 0.4) is 0 Å². The normalized spacial score (nSPS) is 25.5. The maximum Gasteiger partial charge on any atom is 0.314 e. The molecule has 21 heavy (non-hydrogen) atoms. The molecule has 1 atom stereocenters. The molecule has 0 spiro atoms. The van der Waals surface area contributed by atoms with Gasteiger partial charge in [0.15, 0.2) is 0 Å². The predicted molar refractivity (Wildman–Crippen MR) is 77.6 cm³/mol. The van der Waals surface area contributed by atoms with Crippen molar-refractivity contribution in [3.63, 3.8) is 0 Å². The van der Waals surface area contributed by atoms with E-state index in [1.807, 2.05) is 0 Å². The molecule has 0 aromatic carbocycles. The van der Waals surface area contributed by atoms with Crippen LogP contribution < -0.4 is 0 Å². The second kappa shape index (κ2) is 8.32. The van der Waals surface area contributed by atoms with Crippen molar-refractivity contribution >= 4 is 5.97 Å². The van der Waals surface area contributed by atoms with Crippen LogP contribution in [-0.4, -0.2) is 44.1 Å². The van der Waals surface area contributed by atoms with E-state index in [0.717, 1.165) is 36.8 Å². The lowest BCUT2D eigenvalue weighted by Gasteiger charge is -2.27. The molecular formula is C16H24O5. The van der Waals surface area contributed by atoms with Gasteiger partial charge in [0.25, 0.3) is 0 Å². The lowest BCUT2D eigenvalue weighted by molar-refractivity contribution is -0.143. The Morgan fingerprint density at radius 2 is 2.19 bits per heavy atom. The third-order valence-corrected chi connectivity index (χ3v) is 3.80. The summed E-state index contributed by atoms with van der Waals surface area (Å²) in [6, 6.07) is 0. The van der Waals surface area contributed by atoms with Crippen LogP contribution in [0, 0.1) is 0 Å². The van der Waals surface area contributed by atoms with E-state index >= 15 is 0 Å². The van der Waals surface area contributed by atoms with E-state index in [1.165, 1.54) is 0 Å². The zero-order chi connectivity index (χ0) is 15.1. The monoisotopic (exact) mass is 296 g/mol. The van der Waals surface area contributed by atoms with E-state index < -0.39 is 6.10 Å². The molecule has 0 saturated carbocycles. The molecule has 0 fully saturated rings. The minimum atomic E-state index is -0.697. The van der Waals surface area contributed by atoms with Crippen LogP contribution in [0.5, 0.6) is 0 Å². The summed E-state index contributed by atoms with van der Waals surface area (Å²) in [5.74, 6) is 0.238. The lowest BCUT2D eigenvalue weighted by atomic mass is 9.90. The molecule has 0 aromatic rings. The van der Waals surface area contributed by atoms with Gasteiger partial charge in [-0.05, 0) is 37.7 Å². The highest BCUT2D eigenvalue weighted by atomic mass is 16.5. The highest BCUT2D eigenvalue weighted by molar-refractivity contribution is 5.74. The fourth-order valence-corrected chi connectivity index (χ4v) is 2.68. The summed E-state index contributed by atoms with van der Waals surface area (Å²) in [4.78, 5) is 11.6. The SMILES string of the molecule is COCCOCC/C1=C/CCCCC2=C1OC(=O)CC2O. The Balaban J connectivity index is 2.04. The van der Waals surface area contributed by atoms with Crippen LogP contribution in [-0.2, 0) is 19.0 Å². The molecule has 0 bridgehead atoms. The molecule has 0 aromatic heterocycles. The van der Waals surface area contributed by atoms with Gasteiger partial charge in [0, 0.05) is 12.7 Å². The Kier molecular flexibility index (Phi) is 6.42. The Bertz CT molecular complexity index is 424. The van der Waals surface area contributed by atoms with Gasteiger partial charge >= 0.3 is 5.97 Å². The average Bonchev–Trinajstić information content (AvgIpc) is 2.43. The number of hydrogen-bond donors (Lipinski definition) is 1. The Morgan fingerprint density at radius 1 is 1.33 bits per heavy atom. The number of carbonyl (C=O) groups is 1. The zero-order valence-electron chi connectivity index (χ0n) is 12.6. The number of aliphatic hydroxyl groups excluding tert-OH is 1. The third-order valence-electron chi connectivity index (χ3n) is 3.80. The van der Waals surface area contributed by atoms with Crippen molar-refractivity contribution in [2.45, 2.75) is 44.6 Å². The highest BCUT2D eigenvalue weighted by Gasteiger charge is 2.30. The maximum absolute atomic E-state index is 11.6. The second-order valence-electron chi connectivity index (χ2n) is 5.38. The van der Waals surface area contributed by atoms with Crippen molar-refractivity contribution in [1.82, 2.24) is 0 Å². The smallest absolute Gasteiger partial charge is 0.314 e. The number of esters is 1. The first kappa shape index (κ1) is 16.2. The zero-order valence-corrected chi connectivity index (χ0v) is 12.6. The van der Waals surface area contributed by atoms with Gasteiger partial charge in [-0.2, -0.15) is 0 Å². The summed E-state index contributed by atoms with van der Waals surface area (Å²) in [6.45, 7) is 1.68. The van der Waals surface area contributed by atoms with Gasteiger partial charge in [0.1, 0.15) is 5.76 Å². The Labute approximate surface area is 125 Å². The van der Waals surface area contributed by atoms with Crippen molar-refractivity contribution in [3.8, 4) is 0 Å². The molecule has 118 valence electrons. The van der Waals surface area contributed by atoms with Gasteiger partial charge in [-0.1, -0.05) is 6.08 Å². The first-order valence-electron chi connectivity index (χ1n) is 7.60. The van der Waals surface area contributed by atoms with Crippen molar-refractivity contribution in [3.05, 3.63) is 23.0 Å². The van der Waals surface area contributed by atoms with Gasteiger partial charge in [-0.15, -0.1) is 0 Å². The molecule has 0 radical (unpaired) electrons. The van der Waals surface area contributed by atoms with Crippen molar-refractivity contribution in [2.75, 3.05) is 26.9 Å². The molecule has 1 N–H and O–H groups in total. The van der Waals surface area contributed by atoms with E-state index in [1.54, 1.807) is 7.11 Å². The summed E-state index contributed by atoms with van der Waals surface area (Å²) in [5, 5.41) is 10.1. The summed E-state index contributed by atoms with van der Waals surface area (Å²) in [5.41, 5.74) is 1.85. The predicted octanol–water partition coefficient (Wildman–Crippen LogP) is 2.10. The molecule has 1 heterocycles. The van der Waals surface area contributed by atoms with Crippen molar-refractivity contribution in [1.29, 1.82) is 0 Å². The Morgan fingerprint density at radius 3 is 3.00 bits per heavy atom. The molecule has 1 aliphatic heterocycles. The summed E-state index contributed by atoms with van der Waals surface area (Å²) >= 11 is 0. The number of allylic oxidation sites excluding steroid dienone is 2. The van der Waals surface area contributed by atoms with Gasteiger partial charge in [0.2, 0.25) is 0 Å². The molecule has 2 aliphatic rings. The number of hydrogen-bond acceptors (Lipinski definition) is 5. The topological polar surface area (TPSA) is 65.0 Å². The first-order valence-corrected chi connectivity index (χ1v) is 7.60. The molecule has 0 saturated heterocycles. The second-order valence-corrected chi connectivity index (χ2v) is 5.38. The van der Waals surface area contributed by atoms with Crippen LogP contribution in [0.1, 0.15) is 38.5 Å². The third kappa shape index (κ3) is 4.66.